The number of likely N-dealkylation sites (tertiary alicyclic amines) is 1. The number of fused-ring (bicyclic) bond motifs is 1. The summed E-state index contributed by atoms with van der Waals surface area (Å²) in [7, 11) is 2.15. The summed E-state index contributed by atoms with van der Waals surface area (Å²) in [6.07, 6.45) is 2.30. The van der Waals surface area contributed by atoms with E-state index in [1.165, 1.54) is 0 Å². The quantitative estimate of drug-likeness (QED) is 0.705. The van der Waals surface area contributed by atoms with Gasteiger partial charge in [-0.15, -0.1) is 0 Å². The summed E-state index contributed by atoms with van der Waals surface area (Å²) in [5.74, 6) is -0.267. The zero-order chi connectivity index (χ0) is 20.3. The van der Waals surface area contributed by atoms with Crippen LogP contribution < -0.4 is 0 Å². The number of esters is 1. The molecule has 1 aromatic carbocycles. The first-order valence-corrected chi connectivity index (χ1v) is 10.4. The van der Waals surface area contributed by atoms with Crippen LogP contribution in [0.1, 0.15) is 55.2 Å². The van der Waals surface area contributed by atoms with Gasteiger partial charge in [-0.2, -0.15) is 0 Å². The minimum absolute atomic E-state index is 0.267. The van der Waals surface area contributed by atoms with Crippen molar-refractivity contribution < 1.29 is 9.53 Å². The smallest absolute Gasteiger partial charge is 0.340 e. The minimum atomic E-state index is -0.267. The lowest BCUT2D eigenvalue weighted by Gasteiger charge is -2.38. The molecule has 152 valence electrons. The third-order valence-electron chi connectivity index (χ3n) is 5.96. The molecule has 0 atom stereocenters. The molecule has 0 radical (unpaired) electrons. The summed E-state index contributed by atoms with van der Waals surface area (Å²) in [6, 6.07) is 9.14. The second kappa shape index (κ2) is 9.01. The highest BCUT2D eigenvalue weighted by Gasteiger charge is 2.26. The lowest BCUT2D eigenvalue weighted by atomic mass is 9.99. The first-order valence-electron chi connectivity index (χ1n) is 10.4. The molecule has 0 aliphatic carbocycles. The SMILES string of the molecule is CCOC(=O)c1c(CN(C)C2CCN(C(C)C)CC2)nc2ccccc2c1C. The predicted molar refractivity (Wildman–Crippen MR) is 114 cm³/mol. The molecule has 0 amide bonds. The third kappa shape index (κ3) is 4.36. The number of rotatable bonds is 6. The molecule has 1 aromatic heterocycles. The molecule has 0 saturated carbocycles. The molecule has 1 fully saturated rings. The van der Waals surface area contributed by atoms with Gasteiger partial charge in [-0.25, -0.2) is 4.79 Å². The number of piperidine rings is 1. The first kappa shape index (κ1) is 20.7. The normalized spacial score (nSPS) is 16.2. The summed E-state index contributed by atoms with van der Waals surface area (Å²) in [5, 5.41) is 1.02. The topological polar surface area (TPSA) is 45.7 Å². The summed E-state index contributed by atoms with van der Waals surface area (Å²) < 4.78 is 5.36. The van der Waals surface area contributed by atoms with E-state index in [4.69, 9.17) is 9.72 Å². The van der Waals surface area contributed by atoms with E-state index in [1.54, 1.807) is 0 Å². The van der Waals surface area contributed by atoms with E-state index in [0.717, 1.165) is 48.1 Å². The van der Waals surface area contributed by atoms with Crippen molar-refractivity contribution >= 4 is 16.9 Å². The van der Waals surface area contributed by atoms with E-state index in [-0.39, 0.29) is 5.97 Å². The van der Waals surface area contributed by atoms with Crippen LogP contribution in [-0.4, -0.2) is 59.6 Å². The maximum Gasteiger partial charge on any atom is 0.340 e. The fraction of sp³-hybridized carbons (Fsp3) is 0.565. The summed E-state index contributed by atoms with van der Waals surface area (Å²) in [6.45, 7) is 11.6. The van der Waals surface area contributed by atoms with E-state index < -0.39 is 0 Å². The summed E-state index contributed by atoms with van der Waals surface area (Å²) in [4.78, 5) is 22.5. The Morgan fingerprint density at radius 3 is 2.61 bits per heavy atom. The molecule has 0 unspecified atom stereocenters. The molecule has 3 rings (SSSR count). The fourth-order valence-corrected chi connectivity index (χ4v) is 4.24. The molecule has 0 bridgehead atoms. The molecular formula is C23H33N3O2. The number of aryl methyl sites for hydroxylation is 1. The number of carbonyl (C=O) groups is 1. The Bertz CT molecular complexity index is 826. The monoisotopic (exact) mass is 383 g/mol. The number of pyridine rings is 1. The maximum absolute atomic E-state index is 12.7. The van der Waals surface area contributed by atoms with Crippen LogP contribution >= 0.6 is 0 Å². The number of ether oxygens (including phenoxy) is 1. The molecule has 5 heteroatoms. The van der Waals surface area contributed by atoms with Crippen LogP contribution in [0.5, 0.6) is 0 Å². The van der Waals surface area contributed by atoms with E-state index in [0.29, 0.717) is 30.8 Å². The zero-order valence-electron chi connectivity index (χ0n) is 17.9. The second-order valence-corrected chi connectivity index (χ2v) is 8.07. The Kier molecular flexibility index (Phi) is 6.68. The number of para-hydroxylation sites is 1. The molecule has 0 N–H and O–H groups in total. The fourth-order valence-electron chi connectivity index (χ4n) is 4.24. The van der Waals surface area contributed by atoms with Gasteiger partial charge in [0.15, 0.2) is 0 Å². The van der Waals surface area contributed by atoms with Gasteiger partial charge in [-0.3, -0.25) is 9.88 Å². The van der Waals surface area contributed by atoms with Gasteiger partial charge < -0.3 is 9.64 Å². The van der Waals surface area contributed by atoms with E-state index >= 15 is 0 Å². The number of nitrogens with zero attached hydrogens (tertiary/aromatic N) is 3. The van der Waals surface area contributed by atoms with Crippen LogP contribution in [0.15, 0.2) is 24.3 Å². The van der Waals surface area contributed by atoms with Gasteiger partial charge in [-0.05, 0) is 72.3 Å². The molecule has 5 nitrogen and oxygen atoms in total. The van der Waals surface area contributed by atoms with Gasteiger partial charge in [0.25, 0.3) is 0 Å². The number of hydrogen-bond donors (Lipinski definition) is 0. The van der Waals surface area contributed by atoms with Crippen molar-refractivity contribution in [3.05, 3.63) is 41.1 Å². The molecule has 28 heavy (non-hydrogen) atoms. The maximum atomic E-state index is 12.7. The molecule has 1 aliphatic rings. The molecule has 2 heterocycles. The van der Waals surface area contributed by atoms with Crippen LogP contribution in [0.4, 0.5) is 0 Å². The zero-order valence-corrected chi connectivity index (χ0v) is 17.9. The minimum Gasteiger partial charge on any atom is -0.462 e. The van der Waals surface area contributed by atoms with Gasteiger partial charge in [0.1, 0.15) is 0 Å². The van der Waals surface area contributed by atoms with Gasteiger partial charge >= 0.3 is 5.97 Å². The van der Waals surface area contributed by atoms with Crippen molar-refractivity contribution in [2.24, 2.45) is 0 Å². The summed E-state index contributed by atoms with van der Waals surface area (Å²) in [5.41, 5.74) is 3.35. The molecule has 1 aliphatic heterocycles. The number of carbonyl (C=O) groups excluding carboxylic acids is 1. The van der Waals surface area contributed by atoms with Gasteiger partial charge in [0.2, 0.25) is 0 Å². The average Bonchev–Trinajstić information content (AvgIpc) is 2.68. The standard InChI is InChI=1S/C23H33N3O2/c1-6-28-23(27)22-17(4)19-9-7-8-10-20(19)24-21(22)15-25(5)18-11-13-26(14-12-18)16(2)3/h7-10,16,18H,6,11-15H2,1-5H3. The van der Waals surface area contributed by atoms with Crippen LogP contribution in [0.25, 0.3) is 10.9 Å². The largest absolute Gasteiger partial charge is 0.462 e. The Hall–Kier alpha value is -1.98. The Morgan fingerprint density at radius 2 is 1.96 bits per heavy atom. The van der Waals surface area contributed by atoms with E-state index in [9.17, 15) is 4.79 Å². The van der Waals surface area contributed by atoms with Crippen molar-refractivity contribution in [1.29, 1.82) is 0 Å². The lowest BCUT2D eigenvalue weighted by Crippen LogP contribution is -2.45. The van der Waals surface area contributed by atoms with Gasteiger partial charge in [0.05, 0.1) is 23.4 Å². The van der Waals surface area contributed by atoms with Gasteiger partial charge in [-0.1, -0.05) is 18.2 Å². The number of aromatic nitrogens is 1. The van der Waals surface area contributed by atoms with Crippen LogP contribution in [0.2, 0.25) is 0 Å². The average molecular weight is 384 g/mol. The molecule has 2 aromatic rings. The van der Waals surface area contributed by atoms with Crippen molar-refractivity contribution in [3.63, 3.8) is 0 Å². The molecular weight excluding hydrogens is 350 g/mol. The van der Waals surface area contributed by atoms with E-state index in [2.05, 4.69) is 30.7 Å². The van der Waals surface area contributed by atoms with Crippen LogP contribution in [0.3, 0.4) is 0 Å². The third-order valence-corrected chi connectivity index (χ3v) is 5.96. The predicted octanol–water partition coefficient (Wildman–Crippen LogP) is 4.02. The van der Waals surface area contributed by atoms with Crippen molar-refractivity contribution in [1.82, 2.24) is 14.8 Å². The highest BCUT2D eigenvalue weighted by molar-refractivity contribution is 5.98. The Morgan fingerprint density at radius 1 is 1.29 bits per heavy atom. The number of hydrogen-bond acceptors (Lipinski definition) is 5. The Labute approximate surface area is 168 Å². The molecule has 1 saturated heterocycles. The second-order valence-electron chi connectivity index (χ2n) is 8.07. The molecule has 0 spiro atoms. The number of benzene rings is 1. The lowest BCUT2D eigenvalue weighted by molar-refractivity contribution is 0.0520. The van der Waals surface area contributed by atoms with Crippen molar-refractivity contribution in [2.45, 2.75) is 59.2 Å². The Balaban J connectivity index is 1.87. The van der Waals surface area contributed by atoms with Crippen molar-refractivity contribution in [2.75, 3.05) is 26.7 Å². The van der Waals surface area contributed by atoms with E-state index in [1.807, 2.05) is 38.1 Å². The van der Waals surface area contributed by atoms with Crippen molar-refractivity contribution in [3.8, 4) is 0 Å². The van der Waals surface area contributed by atoms with Gasteiger partial charge in [0, 0.05) is 24.0 Å². The van der Waals surface area contributed by atoms with Crippen LogP contribution in [-0.2, 0) is 11.3 Å². The summed E-state index contributed by atoms with van der Waals surface area (Å²) >= 11 is 0. The van der Waals surface area contributed by atoms with Crippen LogP contribution in [0, 0.1) is 6.92 Å². The first-order chi connectivity index (χ1) is 13.4. The highest BCUT2D eigenvalue weighted by atomic mass is 16.5. The highest BCUT2D eigenvalue weighted by Crippen LogP contribution is 2.26.